The normalized spacial score (nSPS) is 10.6. The van der Waals surface area contributed by atoms with Crippen molar-refractivity contribution in [3.8, 4) is 0 Å². The first-order valence-corrected chi connectivity index (χ1v) is 11.9. The highest BCUT2D eigenvalue weighted by atomic mass is 35.5. The monoisotopic (exact) mass is 483 g/mol. The van der Waals surface area contributed by atoms with Crippen molar-refractivity contribution < 1.29 is 9.59 Å². The molecule has 0 aliphatic rings. The fourth-order valence-electron chi connectivity index (χ4n) is 3.28. The average Bonchev–Trinajstić information content (AvgIpc) is 3.16. The van der Waals surface area contributed by atoms with Crippen molar-refractivity contribution in [3.05, 3.63) is 77.1 Å². The van der Waals surface area contributed by atoms with Gasteiger partial charge in [-0.05, 0) is 36.6 Å². The Balaban J connectivity index is 1.66. The molecule has 0 aliphatic heterocycles. The molecule has 0 aliphatic carbocycles. The molecular weight excluding hydrogens is 458 g/mol. The Labute approximate surface area is 202 Å². The van der Waals surface area contributed by atoms with Crippen molar-refractivity contribution in [1.82, 2.24) is 14.8 Å². The third kappa shape index (κ3) is 6.46. The summed E-state index contributed by atoms with van der Waals surface area (Å²) in [4.78, 5) is 25.1. The van der Waals surface area contributed by atoms with Crippen LogP contribution in [0.2, 0.25) is 5.02 Å². The third-order valence-electron chi connectivity index (χ3n) is 4.91. The van der Waals surface area contributed by atoms with Gasteiger partial charge in [-0.1, -0.05) is 66.7 Å². The van der Waals surface area contributed by atoms with Crippen LogP contribution in [0.25, 0.3) is 0 Å². The SMILES string of the molecule is C=CCn1c(CC(=O)Nc2ccccc2Cl)nnc1SCC(=O)Nc1c(C)cccc1CC. The Morgan fingerprint density at radius 2 is 1.91 bits per heavy atom. The smallest absolute Gasteiger partial charge is 0.234 e. The lowest BCUT2D eigenvalue weighted by atomic mass is 10.1. The van der Waals surface area contributed by atoms with E-state index in [9.17, 15) is 9.59 Å². The lowest BCUT2D eigenvalue weighted by Crippen LogP contribution is -2.18. The summed E-state index contributed by atoms with van der Waals surface area (Å²) in [6.45, 7) is 8.22. The number of nitrogens with zero attached hydrogens (tertiary/aromatic N) is 3. The predicted octanol–water partition coefficient (Wildman–Crippen LogP) is 4.90. The number of anilines is 2. The molecule has 3 aromatic rings. The summed E-state index contributed by atoms with van der Waals surface area (Å²) in [7, 11) is 0. The van der Waals surface area contributed by atoms with Crippen LogP contribution in [0.15, 0.2) is 60.3 Å². The van der Waals surface area contributed by atoms with E-state index < -0.39 is 0 Å². The van der Waals surface area contributed by atoms with Crippen molar-refractivity contribution in [2.45, 2.75) is 38.4 Å². The van der Waals surface area contributed by atoms with Crippen LogP contribution in [0.4, 0.5) is 11.4 Å². The number of benzene rings is 2. The van der Waals surface area contributed by atoms with E-state index in [2.05, 4.69) is 34.3 Å². The van der Waals surface area contributed by atoms with Crippen LogP contribution in [-0.2, 0) is 29.0 Å². The second-order valence-corrected chi connectivity index (χ2v) is 8.65. The van der Waals surface area contributed by atoms with Gasteiger partial charge in [0, 0.05) is 12.2 Å². The zero-order chi connectivity index (χ0) is 23.8. The van der Waals surface area contributed by atoms with E-state index >= 15 is 0 Å². The topological polar surface area (TPSA) is 88.9 Å². The first-order chi connectivity index (χ1) is 15.9. The van der Waals surface area contributed by atoms with Gasteiger partial charge in [0.05, 0.1) is 22.9 Å². The van der Waals surface area contributed by atoms with Crippen molar-refractivity contribution >= 4 is 46.6 Å². The van der Waals surface area contributed by atoms with E-state index in [0.717, 1.165) is 23.2 Å². The van der Waals surface area contributed by atoms with Crippen molar-refractivity contribution in [3.63, 3.8) is 0 Å². The minimum atomic E-state index is -0.262. The number of aromatic nitrogens is 3. The van der Waals surface area contributed by atoms with Crippen LogP contribution in [0, 0.1) is 6.92 Å². The lowest BCUT2D eigenvalue weighted by molar-refractivity contribution is -0.116. The van der Waals surface area contributed by atoms with Gasteiger partial charge in [-0.2, -0.15) is 0 Å². The second kappa shape index (κ2) is 11.7. The Morgan fingerprint density at radius 3 is 2.64 bits per heavy atom. The molecule has 3 rings (SSSR count). The summed E-state index contributed by atoms with van der Waals surface area (Å²) in [5.41, 5.74) is 3.51. The molecule has 0 atom stereocenters. The van der Waals surface area contributed by atoms with Crippen LogP contribution >= 0.6 is 23.4 Å². The molecule has 0 saturated carbocycles. The number of thioether (sulfide) groups is 1. The number of allylic oxidation sites excluding steroid dienone is 1. The molecule has 0 spiro atoms. The molecule has 33 heavy (non-hydrogen) atoms. The van der Waals surface area contributed by atoms with E-state index in [1.165, 1.54) is 11.8 Å². The highest BCUT2D eigenvalue weighted by Crippen LogP contribution is 2.24. The Bertz CT molecular complexity index is 1160. The number of carbonyl (C=O) groups excluding carboxylic acids is 2. The molecule has 2 N–H and O–H groups in total. The van der Waals surface area contributed by atoms with E-state index in [4.69, 9.17) is 11.6 Å². The summed E-state index contributed by atoms with van der Waals surface area (Å²) in [6, 6.07) is 13.0. The van der Waals surface area contributed by atoms with E-state index in [-0.39, 0.29) is 24.0 Å². The Kier molecular flexibility index (Phi) is 8.68. The number of nitrogens with one attached hydrogen (secondary N) is 2. The van der Waals surface area contributed by atoms with Gasteiger partial charge in [-0.25, -0.2) is 0 Å². The van der Waals surface area contributed by atoms with Gasteiger partial charge in [-0.3, -0.25) is 9.59 Å². The zero-order valence-electron chi connectivity index (χ0n) is 18.6. The quantitative estimate of drug-likeness (QED) is 0.316. The molecule has 2 amide bonds. The molecule has 7 nitrogen and oxygen atoms in total. The largest absolute Gasteiger partial charge is 0.325 e. The van der Waals surface area contributed by atoms with Gasteiger partial charge in [0.2, 0.25) is 11.8 Å². The first-order valence-electron chi connectivity index (χ1n) is 10.5. The van der Waals surface area contributed by atoms with Crippen molar-refractivity contribution in [2.24, 2.45) is 0 Å². The lowest BCUT2D eigenvalue weighted by Gasteiger charge is -2.13. The molecule has 1 heterocycles. The molecule has 172 valence electrons. The Hall–Kier alpha value is -3.10. The number of rotatable bonds is 10. The van der Waals surface area contributed by atoms with Gasteiger partial charge in [0.25, 0.3) is 0 Å². The van der Waals surface area contributed by atoms with Crippen LogP contribution in [-0.4, -0.2) is 32.3 Å². The van der Waals surface area contributed by atoms with Crippen molar-refractivity contribution in [2.75, 3.05) is 16.4 Å². The van der Waals surface area contributed by atoms with Gasteiger partial charge >= 0.3 is 0 Å². The number of amides is 2. The minimum absolute atomic E-state index is 0.0158. The minimum Gasteiger partial charge on any atom is -0.325 e. The molecule has 0 bridgehead atoms. The number of hydrogen-bond donors (Lipinski definition) is 2. The summed E-state index contributed by atoms with van der Waals surface area (Å²) in [5.74, 6) is 0.255. The zero-order valence-corrected chi connectivity index (χ0v) is 20.2. The average molecular weight is 484 g/mol. The van der Waals surface area contributed by atoms with Gasteiger partial charge in [0.15, 0.2) is 5.16 Å². The van der Waals surface area contributed by atoms with Gasteiger partial charge < -0.3 is 15.2 Å². The number of para-hydroxylation sites is 2. The van der Waals surface area contributed by atoms with Crippen LogP contribution in [0.1, 0.15) is 23.9 Å². The molecule has 0 fully saturated rings. The van der Waals surface area contributed by atoms with Crippen molar-refractivity contribution in [1.29, 1.82) is 0 Å². The molecule has 0 saturated heterocycles. The van der Waals surface area contributed by atoms with Crippen LogP contribution in [0.5, 0.6) is 0 Å². The van der Waals surface area contributed by atoms with E-state index in [0.29, 0.717) is 28.2 Å². The Morgan fingerprint density at radius 1 is 1.12 bits per heavy atom. The fraction of sp³-hybridized carbons (Fsp3) is 0.250. The molecule has 0 radical (unpaired) electrons. The number of carbonyl (C=O) groups is 2. The molecule has 0 unspecified atom stereocenters. The van der Waals surface area contributed by atoms with Crippen LogP contribution < -0.4 is 10.6 Å². The highest BCUT2D eigenvalue weighted by Gasteiger charge is 2.17. The first kappa shape index (κ1) is 24.5. The van der Waals surface area contributed by atoms with E-state index in [1.54, 1.807) is 34.9 Å². The maximum Gasteiger partial charge on any atom is 0.234 e. The third-order valence-corrected chi connectivity index (χ3v) is 6.20. The van der Waals surface area contributed by atoms with Crippen LogP contribution in [0.3, 0.4) is 0 Å². The maximum absolute atomic E-state index is 12.6. The number of halogens is 1. The van der Waals surface area contributed by atoms with Gasteiger partial charge in [0.1, 0.15) is 5.82 Å². The second-order valence-electron chi connectivity index (χ2n) is 7.30. The molecular formula is C24H26ClN5O2S. The summed E-state index contributed by atoms with van der Waals surface area (Å²) in [5, 5.41) is 15.1. The maximum atomic E-state index is 12.6. The predicted molar refractivity (Wildman–Crippen MR) is 134 cm³/mol. The summed E-state index contributed by atoms with van der Waals surface area (Å²) in [6.07, 6.45) is 2.55. The summed E-state index contributed by atoms with van der Waals surface area (Å²) < 4.78 is 1.78. The molecule has 2 aromatic carbocycles. The number of hydrogen-bond acceptors (Lipinski definition) is 5. The van der Waals surface area contributed by atoms with E-state index in [1.807, 2.05) is 25.1 Å². The highest BCUT2D eigenvalue weighted by molar-refractivity contribution is 7.99. The summed E-state index contributed by atoms with van der Waals surface area (Å²) >= 11 is 7.38. The molecule has 1 aromatic heterocycles. The molecule has 9 heteroatoms. The standard InChI is InChI=1S/C24H26ClN5O2S/c1-4-13-30-20(14-21(31)26-19-12-7-6-11-18(19)25)28-29-24(30)33-15-22(32)27-23-16(3)9-8-10-17(23)5-2/h4,6-12H,1,5,13-15H2,2-3H3,(H,26,31)(H,27,32). The number of aryl methyl sites for hydroxylation is 2. The van der Waals surface area contributed by atoms with Gasteiger partial charge in [-0.15, -0.1) is 16.8 Å². The fourth-order valence-corrected chi connectivity index (χ4v) is 4.23.